The molecule has 0 bridgehead atoms. The Bertz CT molecular complexity index is 384. The fourth-order valence-corrected chi connectivity index (χ4v) is 2.96. The van der Waals surface area contributed by atoms with Crippen molar-refractivity contribution in [1.82, 2.24) is 0 Å². The number of nitrogens with zero attached hydrogens (tertiary/aromatic N) is 2. The minimum Gasteiger partial charge on any atom is -0.361 e. The normalized spacial score (nSPS) is 22.8. The van der Waals surface area contributed by atoms with E-state index >= 15 is 0 Å². The fraction of sp³-hybridized carbons (Fsp3) is 0.688. The van der Waals surface area contributed by atoms with Gasteiger partial charge in [0.25, 0.3) is 5.71 Å². The van der Waals surface area contributed by atoms with Gasteiger partial charge in [0, 0.05) is 12.5 Å². The summed E-state index contributed by atoms with van der Waals surface area (Å²) >= 11 is 0. The first-order valence-electron chi connectivity index (χ1n) is 7.51. The molecule has 0 spiro atoms. The summed E-state index contributed by atoms with van der Waals surface area (Å²) in [5.74, 6) is 0. The molecule has 0 saturated carbocycles. The number of allylic oxidation sites excluding steroid dienone is 4. The fourth-order valence-electron chi connectivity index (χ4n) is 2.96. The molecule has 2 nitrogen and oxygen atoms in total. The summed E-state index contributed by atoms with van der Waals surface area (Å²) in [5.41, 5.74) is 12.9. The van der Waals surface area contributed by atoms with Crippen LogP contribution < -0.4 is 0 Å². The van der Waals surface area contributed by atoms with Crippen LogP contribution in [0.25, 0.3) is 5.53 Å². The quantitative estimate of drug-likeness (QED) is 0.468. The van der Waals surface area contributed by atoms with Crippen molar-refractivity contribution >= 4 is 5.71 Å². The summed E-state index contributed by atoms with van der Waals surface area (Å²) in [5, 5.41) is 0. The molecule has 0 N–H and O–H groups in total. The van der Waals surface area contributed by atoms with Gasteiger partial charge in [-0.15, -0.1) is 0 Å². The van der Waals surface area contributed by atoms with Gasteiger partial charge in [-0.1, -0.05) is 25.3 Å². The van der Waals surface area contributed by atoms with Crippen LogP contribution in [0, 0.1) is 0 Å². The first-order valence-corrected chi connectivity index (χ1v) is 7.51. The predicted octanol–water partition coefficient (Wildman–Crippen LogP) is 4.83. The molecule has 0 radical (unpaired) electrons. The van der Waals surface area contributed by atoms with E-state index in [9.17, 15) is 0 Å². The molecular formula is C16H24N2. The van der Waals surface area contributed by atoms with Gasteiger partial charge in [0.2, 0.25) is 0 Å². The van der Waals surface area contributed by atoms with Gasteiger partial charge in [0.1, 0.15) is 0 Å². The third-order valence-electron chi connectivity index (χ3n) is 4.05. The van der Waals surface area contributed by atoms with Gasteiger partial charge in [-0.3, -0.25) is 0 Å². The largest absolute Gasteiger partial charge is 0.361 e. The van der Waals surface area contributed by atoms with E-state index in [0.29, 0.717) is 0 Å². The van der Waals surface area contributed by atoms with Crippen LogP contribution in [0.15, 0.2) is 23.3 Å². The monoisotopic (exact) mass is 244 g/mol. The Morgan fingerprint density at radius 1 is 0.778 bits per heavy atom. The molecule has 0 amide bonds. The van der Waals surface area contributed by atoms with E-state index in [1.165, 1.54) is 62.5 Å². The molecule has 2 aliphatic rings. The molecule has 0 unspecified atom stereocenters. The summed E-state index contributed by atoms with van der Waals surface area (Å²) in [6.45, 7) is 0. The topological polar surface area (TPSA) is 36.4 Å². The molecule has 2 aliphatic carbocycles. The Balaban J connectivity index is 2.18. The lowest BCUT2D eigenvalue weighted by Gasteiger charge is -2.16. The Kier molecular flexibility index (Phi) is 5.41. The molecule has 0 saturated heterocycles. The highest BCUT2D eigenvalue weighted by atomic mass is 14.8. The molecule has 2 heteroatoms. The highest BCUT2D eigenvalue weighted by molar-refractivity contribution is 5.91. The van der Waals surface area contributed by atoms with Gasteiger partial charge < -0.3 is 5.53 Å². The summed E-state index contributed by atoms with van der Waals surface area (Å²) in [4.78, 5) is 3.45. The van der Waals surface area contributed by atoms with Crippen molar-refractivity contribution in [3.63, 3.8) is 0 Å². The maximum absolute atomic E-state index is 9.05. The molecular weight excluding hydrogens is 220 g/mol. The van der Waals surface area contributed by atoms with Gasteiger partial charge in [0.05, 0.1) is 0 Å². The first-order chi connectivity index (χ1) is 8.90. The third kappa shape index (κ3) is 3.96. The molecule has 0 aliphatic heterocycles. The van der Waals surface area contributed by atoms with Crippen molar-refractivity contribution in [3.05, 3.63) is 28.8 Å². The lowest BCUT2D eigenvalue weighted by Crippen LogP contribution is -2.04. The van der Waals surface area contributed by atoms with E-state index in [2.05, 4.69) is 16.9 Å². The highest BCUT2D eigenvalue weighted by Gasteiger charge is 2.14. The maximum Gasteiger partial charge on any atom is 0.292 e. The Morgan fingerprint density at radius 2 is 1.44 bits per heavy atom. The molecule has 18 heavy (non-hydrogen) atoms. The molecule has 0 aromatic carbocycles. The summed E-state index contributed by atoms with van der Waals surface area (Å²) < 4.78 is 0. The summed E-state index contributed by atoms with van der Waals surface area (Å²) in [6, 6.07) is 0. The van der Waals surface area contributed by atoms with Crippen LogP contribution in [0.5, 0.6) is 0 Å². The summed E-state index contributed by atoms with van der Waals surface area (Å²) in [6.07, 6.45) is 18.2. The molecule has 0 aromatic rings. The van der Waals surface area contributed by atoms with Crippen LogP contribution in [0.2, 0.25) is 0 Å². The van der Waals surface area contributed by atoms with Crippen molar-refractivity contribution in [2.45, 2.75) is 70.6 Å². The van der Waals surface area contributed by atoms with Gasteiger partial charge in [0.15, 0.2) is 0 Å². The molecule has 2 rings (SSSR count). The van der Waals surface area contributed by atoms with Gasteiger partial charge in [-0.25, -0.2) is 0 Å². The lowest BCUT2D eigenvalue weighted by molar-refractivity contribution is -0.00659. The van der Waals surface area contributed by atoms with E-state index in [0.717, 1.165) is 25.0 Å². The molecule has 0 atom stereocenters. The van der Waals surface area contributed by atoms with Crippen LogP contribution >= 0.6 is 0 Å². The van der Waals surface area contributed by atoms with E-state index in [1.54, 1.807) is 0 Å². The third-order valence-corrected chi connectivity index (χ3v) is 4.05. The van der Waals surface area contributed by atoms with E-state index in [4.69, 9.17) is 5.53 Å². The maximum atomic E-state index is 9.05. The minimum atomic E-state index is 0.868. The lowest BCUT2D eigenvalue weighted by atomic mass is 9.89. The zero-order chi connectivity index (χ0) is 12.6. The van der Waals surface area contributed by atoms with E-state index in [1.807, 2.05) is 0 Å². The van der Waals surface area contributed by atoms with Gasteiger partial charge in [-0.05, 0) is 56.1 Å². The predicted molar refractivity (Wildman–Crippen MR) is 75.6 cm³/mol. The van der Waals surface area contributed by atoms with Crippen molar-refractivity contribution < 1.29 is 4.79 Å². The number of rotatable bonds is 1. The second-order valence-electron chi connectivity index (χ2n) is 5.50. The molecule has 98 valence electrons. The van der Waals surface area contributed by atoms with Crippen molar-refractivity contribution in [3.8, 4) is 0 Å². The van der Waals surface area contributed by atoms with Crippen LogP contribution in [-0.2, 0) is 0 Å². The second-order valence-corrected chi connectivity index (χ2v) is 5.50. The van der Waals surface area contributed by atoms with Gasteiger partial charge >= 0.3 is 0 Å². The second kappa shape index (κ2) is 7.33. The smallest absolute Gasteiger partial charge is 0.292 e. The van der Waals surface area contributed by atoms with Crippen LogP contribution in [-0.4, -0.2) is 10.5 Å². The van der Waals surface area contributed by atoms with Crippen LogP contribution in [0.1, 0.15) is 70.6 Å². The van der Waals surface area contributed by atoms with Crippen molar-refractivity contribution in [2.24, 2.45) is 0 Å². The van der Waals surface area contributed by atoms with Crippen molar-refractivity contribution in [2.75, 3.05) is 0 Å². The van der Waals surface area contributed by atoms with E-state index in [-0.39, 0.29) is 0 Å². The number of hydrogen-bond acceptors (Lipinski definition) is 0. The van der Waals surface area contributed by atoms with E-state index < -0.39 is 0 Å². The standard InChI is InChI=1S/C16H24N2/c17-18-16-12-8-4-7-11-15(13-16)14-9-5-2-1-3-6-10-14/h9,13H,1-8,10-12H2. The van der Waals surface area contributed by atoms with Crippen LogP contribution in [0.4, 0.5) is 0 Å². The molecule has 0 fully saturated rings. The van der Waals surface area contributed by atoms with Gasteiger partial charge in [-0.2, -0.15) is 4.79 Å². The average molecular weight is 244 g/mol. The Hall–Kier alpha value is -1.14. The Labute approximate surface area is 110 Å². The highest BCUT2D eigenvalue weighted by Crippen LogP contribution is 2.28. The average Bonchev–Trinajstić information content (AvgIpc) is 2.30. The molecule has 0 aromatic heterocycles. The van der Waals surface area contributed by atoms with Crippen molar-refractivity contribution in [1.29, 1.82) is 0 Å². The Morgan fingerprint density at radius 3 is 2.28 bits per heavy atom. The van der Waals surface area contributed by atoms with Crippen LogP contribution in [0.3, 0.4) is 0 Å². The molecule has 0 heterocycles. The first kappa shape index (κ1) is 13.3. The zero-order valence-corrected chi connectivity index (χ0v) is 11.3. The minimum absolute atomic E-state index is 0.868. The SMILES string of the molecule is [N-]=[N+]=C1C=C(C2=CCCCCCC2)CCCCC1. The zero-order valence-electron chi connectivity index (χ0n) is 11.3. The summed E-state index contributed by atoms with van der Waals surface area (Å²) in [7, 11) is 0. The number of hydrogen-bond donors (Lipinski definition) is 0.